The fraction of sp³-hybridized carbons (Fsp3) is 0.846. The molecule has 0 amide bonds. The number of allylic oxidation sites excluding steroid dienone is 1. The van der Waals surface area contributed by atoms with Gasteiger partial charge in [0.2, 0.25) is 0 Å². The van der Waals surface area contributed by atoms with E-state index in [0.29, 0.717) is 16.6 Å². The number of aliphatic hydroxyl groups is 1. The van der Waals surface area contributed by atoms with Crippen molar-refractivity contribution >= 4 is 8.32 Å². The molecular formula is C13H28O2Si. The highest BCUT2D eigenvalue weighted by molar-refractivity contribution is 6.77. The van der Waals surface area contributed by atoms with Crippen LogP contribution in [0, 0.1) is 0 Å². The minimum Gasteiger partial charge on any atom is -0.546 e. The van der Waals surface area contributed by atoms with Crippen molar-refractivity contribution in [1.82, 2.24) is 0 Å². The molecule has 0 aromatic carbocycles. The Morgan fingerprint density at radius 2 is 1.44 bits per heavy atom. The molecule has 1 N–H and O–H groups in total. The van der Waals surface area contributed by atoms with Crippen LogP contribution < -0.4 is 0 Å². The van der Waals surface area contributed by atoms with Crippen molar-refractivity contribution in [2.75, 3.05) is 6.61 Å². The minimum absolute atomic E-state index is 0.0601. The average molecular weight is 244 g/mol. The summed E-state index contributed by atoms with van der Waals surface area (Å²) in [5.74, 6) is 0.880. The lowest BCUT2D eigenvalue weighted by molar-refractivity contribution is 0.324. The van der Waals surface area contributed by atoms with Gasteiger partial charge in [-0.1, -0.05) is 41.5 Å². The fourth-order valence-corrected chi connectivity index (χ4v) is 8.15. The summed E-state index contributed by atoms with van der Waals surface area (Å²) in [6.45, 7) is 15.6. The van der Waals surface area contributed by atoms with Crippen LogP contribution in [0.4, 0.5) is 0 Å². The molecule has 0 fully saturated rings. The van der Waals surface area contributed by atoms with Crippen LogP contribution in [-0.2, 0) is 4.43 Å². The number of aliphatic hydroxyl groups excluding tert-OH is 1. The Morgan fingerprint density at radius 3 is 1.69 bits per heavy atom. The highest BCUT2D eigenvalue weighted by Gasteiger charge is 2.46. The van der Waals surface area contributed by atoms with E-state index in [1.165, 1.54) is 0 Å². The number of hydrogen-bond donors (Lipinski definition) is 1. The second-order valence-corrected chi connectivity index (χ2v) is 10.8. The Balaban J connectivity index is 5.13. The van der Waals surface area contributed by atoms with E-state index < -0.39 is 8.32 Å². The van der Waals surface area contributed by atoms with Crippen LogP contribution in [-0.4, -0.2) is 20.0 Å². The molecule has 0 bridgehead atoms. The van der Waals surface area contributed by atoms with Crippen LogP contribution in [0.5, 0.6) is 0 Å². The van der Waals surface area contributed by atoms with Crippen LogP contribution in [0.25, 0.3) is 0 Å². The maximum absolute atomic E-state index is 8.91. The van der Waals surface area contributed by atoms with Crippen LogP contribution in [0.3, 0.4) is 0 Å². The Hall–Kier alpha value is -0.283. The predicted molar refractivity (Wildman–Crippen MR) is 73.0 cm³/mol. The van der Waals surface area contributed by atoms with E-state index >= 15 is 0 Å². The second kappa shape index (κ2) is 6.45. The fourth-order valence-electron chi connectivity index (χ4n) is 2.80. The van der Waals surface area contributed by atoms with Crippen LogP contribution in [0.2, 0.25) is 16.6 Å². The molecule has 0 aromatic rings. The summed E-state index contributed by atoms with van der Waals surface area (Å²) in [5.41, 5.74) is 1.73. The molecule has 2 nitrogen and oxygen atoms in total. The first-order chi connectivity index (χ1) is 7.28. The van der Waals surface area contributed by atoms with E-state index in [1.807, 2.05) is 6.92 Å². The molecule has 0 aromatic heterocycles. The van der Waals surface area contributed by atoms with Crippen molar-refractivity contribution in [1.29, 1.82) is 0 Å². The molecule has 96 valence electrons. The first kappa shape index (κ1) is 15.7. The topological polar surface area (TPSA) is 29.5 Å². The zero-order valence-corrected chi connectivity index (χ0v) is 12.9. The first-order valence-corrected chi connectivity index (χ1v) is 8.39. The lowest BCUT2D eigenvalue weighted by Crippen LogP contribution is -2.47. The van der Waals surface area contributed by atoms with E-state index in [0.717, 1.165) is 5.76 Å². The van der Waals surface area contributed by atoms with Crippen molar-refractivity contribution in [3.8, 4) is 0 Å². The van der Waals surface area contributed by atoms with Crippen molar-refractivity contribution < 1.29 is 9.53 Å². The summed E-state index contributed by atoms with van der Waals surface area (Å²) in [4.78, 5) is 0. The Kier molecular flexibility index (Phi) is 6.34. The molecule has 0 aliphatic rings. The highest BCUT2D eigenvalue weighted by Crippen LogP contribution is 2.43. The minimum atomic E-state index is -1.81. The molecule has 0 atom stereocenters. The second-order valence-electron chi connectivity index (χ2n) is 5.42. The summed E-state index contributed by atoms with van der Waals surface area (Å²) in [5, 5.41) is 8.91. The van der Waals surface area contributed by atoms with Gasteiger partial charge >= 0.3 is 0 Å². The van der Waals surface area contributed by atoms with E-state index in [9.17, 15) is 0 Å². The SMILES string of the molecule is C/C(=C\CO)O[Si](C(C)C)(C(C)C)C(C)C. The number of rotatable bonds is 6. The van der Waals surface area contributed by atoms with Crippen molar-refractivity contribution in [3.05, 3.63) is 11.8 Å². The lowest BCUT2D eigenvalue weighted by Gasteiger charge is -2.42. The molecule has 0 radical (unpaired) electrons. The molecule has 16 heavy (non-hydrogen) atoms. The van der Waals surface area contributed by atoms with E-state index in [2.05, 4.69) is 41.5 Å². The monoisotopic (exact) mass is 244 g/mol. The van der Waals surface area contributed by atoms with Crippen molar-refractivity contribution in [3.63, 3.8) is 0 Å². The molecule has 0 unspecified atom stereocenters. The zero-order chi connectivity index (χ0) is 12.9. The third-order valence-electron chi connectivity index (χ3n) is 3.42. The quantitative estimate of drug-likeness (QED) is 0.563. The molecular weight excluding hydrogens is 216 g/mol. The predicted octanol–water partition coefficient (Wildman–Crippen LogP) is 4.07. The van der Waals surface area contributed by atoms with Crippen LogP contribution in [0.1, 0.15) is 48.5 Å². The molecule has 0 spiro atoms. The van der Waals surface area contributed by atoms with Gasteiger partial charge in [0.05, 0.1) is 12.4 Å². The summed E-state index contributed by atoms with van der Waals surface area (Å²) < 4.78 is 6.30. The van der Waals surface area contributed by atoms with Crippen LogP contribution in [0.15, 0.2) is 11.8 Å². The molecule has 3 heteroatoms. The smallest absolute Gasteiger partial charge is 0.258 e. The van der Waals surface area contributed by atoms with Gasteiger partial charge in [-0.05, 0) is 29.6 Å². The van der Waals surface area contributed by atoms with E-state index in [-0.39, 0.29) is 6.61 Å². The molecule has 0 saturated carbocycles. The standard InChI is InChI=1S/C13H28O2Si/c1-10(2)16(11(3)4,12(5)6)15-13(7)8-9-14/h8,10-12,14H,9H2,1-7H3/b13-8+. The molecule has 0 rings (SSSR count). The third kappa shape index (κ3) is 3.35. The Labute approximate surface area is 102 Å². The van der Waals surface area contributed by atoms with Gasteiger partial charge in [-0.2, -0.15) is 0 Å². The third-order valence-corrected chi connectivity index (χ3v) is 9.51. The molecule has 0 saturated heterocycles. The van der Waals surface area contributed by atoms with Gasteiger partial charge in [-0.3, -0.25) is 0 Å². The van der Waals surface area contributed by atoms with Gasteiger partial charge in [-0.25, -0.2) is 0 Å². The van der Waals surface area contributed by atoms with Gasteiger partial charge in [0, 0.05) is 0 Å². The normalized spacial score (nSPS) is 14.1. The Morgan fingerprint density at radius 1 is 1.06 bits per heavy atom. The van der Waals surface area contributed by atoms with Crippen LogP contribution >= 0.6 is 0 Å². The summed E-state index contributed by atoms with van der Waals surface area (Å²) in [6, 6.07) is 0. The maximum Gasteiger partial charge on any atom is 0.258 e. The molecule has 0 aliphatic carbocycles. The van der Waals surface area contributed by atoms with Crippen molar-refractivity contribution in [2.24, 2.45) is 0 Å². The van der Waals surface area contributed by atoms with Gasteiger partial charge in [0.1, 0.15) is 0 Å². The summed E-state index contributed by atoms with van der Waals surface area (Å²) >= 11 is 0. The van der Waals surface area contributed by atoms with E-state index in [1.54, 1.807) is 6.08 Å². The average Bonchev–Trinajstić information content (AvgIpc) is 2.12. The van der Waals surface area contributed by atoms with Gasteiger partial charge in [-0.15, -0.1) is 0 Å². The maximum atomic E-state index is 8.91. The van der Waals surface area contributed by atoms with Gasteiger partial charge in [0.25, 0.3) is 8.32 Å². The summed E-state index contributed by atoms with van der Waals surface area (Å²) in [7, 11) is -1.81. The molecule has 0 heterocycles. The van der Waals surface area contributed by atoms with E-state index in [4.69, 9.17) is 9.53 Å². The lowest BCUT2D eigenvalue weighted by atomic mass is 10.5. The zero-order valence-electron chi connectivity index (χ0n) is 11.9. The largest absolute Gasteiger partial charge is 0.546 e. The summed E-state index contributed by atoms with van der Waals surface area (Å²) in [6.07, 6.45) is 1.76. The van der Waals surface area contributed by atoms with Gasteiger partial charge < -0.3 is 9.53 Å². The molecule has 0 aliphatic heterocycles. The Bertz CT molecular complexity index is 210. The highest BCUT2D eigenvalue weighted by atomic mass is 28.4. The van der Waals surface area contributed by atoms with Gasteiger partial charge in [0.15, 0.2) is 0 Å². The first-order valence-electron chi connectivity index (χ1n) is 6.25. The van der Waals surface area contributed by atoms with Crippen molar-refractivity contribution in [2.45, 2.75) is 65.1 Å². The number of hydrogen-bond acceptors (Lipinski definition) is 2.